The fourth-order valence-corrected chi connectivity index (χ4v) is 4.05. The zero-order valence-electron chi connectivity index (χ0n) is 18.5. The van der Waals surface area contributed by atoms with Crippen molar-refractivity contribution in [2.24, 2.45) is 5.92 Å². The van der Waals surface area contributed by atoms with Crippen LogP contribution in [0.2, 0.25) is 0 Å². The number of hydrogen-bond acceptors (Lipinski definition) is 3. The first-order valence-electron chi connectivity index (χ1n) is 11.3. The number of likely N-dealkylation sites (tertiary alicyclic amines) is 1. The lowest BCUT2D eigenvalue weighted by atomic mass is 10.0. The maximum absolute atomic E-state index is 13.0. The molecule has 2 aromatic carbocycles. The molecule has 9 heteroatoms. The summed E-state index contributed by atoms with van der Waals surface area (Å²) in [6.45, 7) is 0.0748. The second-order valence-electron chi connectivity index (χ2n) is 8.91. The lowest BCUT2D eigenvalue weighted by molar-refractivity contribution is -0.137. The highest BCUT2D eigenvalue weighted by molar-refractivity contribution is 5.93. The minimum atomic E-state index is -4.47. The second-order valence-corrected chi connectivity index (χ2v) is 8.91. The van der Waals surface area contributed by atoms with Gasteiger partial charge >= 0.3 is 6.18 Å². The maximum Gasteiger partial charge on any atom is 0.416 e. The van der Waals surface area contributed by atoms with E-state index in [-0.39, 0.29) is 37.4 Å². The van der Waals surface area contributed by atoms with Crippen molar-refractivity contribution >= 4 is 17.7 Å². The van der Waals surface area contributed by atoms with Crippen molar-refractivity contribution < 1.29 is 27.6 Å². The third-order valence-electron chi connectivity index (χ3n) is 6.05. The number of halogens is 3. The van der Waals surface area contributed by atoms with Gasteiger partial charge in [0.05, 0.1) is 11.5 Å². The molecule has 1 aliphatic heterocycles. The molecule has 1 saturated heterocycles. The first-order chi connectivity index (χ1) is 16.2. The Morgan fingerprint density at radius 2 is 1.74 bits per heavy atom. The van der Waals surface area contributed by atoms with Gasteiger partial charge in [-0.15, -0.1) is 0 Å². The zero-order chi connectivity index (χ0) is 24.3. The summed E-state index contributed by atoms with van der Waals surface area (Å²) in [4.78, 5) is 39.6. The monoisotopic (exact) mass is 473 g/mol. The number of nitrogens with zero attached hydrogens (tertiary/aromatic N) is 1. The summed E-state index contributed by atoms with van der Waals surface area (Å²) in [5.74, 6) is -1.65. The molecule has 1 aliphatic carbocycles. The van der Waals surface area contributed by atoms with Crippen LogP contribution in [0.15, 0.2) is 54.6 Å². The highest BCUT2D eigenvalue weighted by Crippen LogP contribution is 2.30. The summed E-state index contributed by atoms with van der Waals surface area (Å²) in [5, 5.41) is 5.71. The normalized spacial score (nSPS) is 19.1. The van der Waals surface area contributed by atoms with Crippen molar-refractivity contribution in [1.29, 1.82) is 0 Å². The lowest BCUT2D eigenvalue weighted by Gasteiger charge is -2.21. The Bertz CT molecular complexity index is 1050. The predicted octanol–water partition coefficient (Wildman–Crippen LogP) is 3.06. The Morgan fingerprint density at radius 3 is 2.41 bits per heavy atom. The van der Waals surface area contributed by atoms with Crippen LogP contribution in [0.3, 0.4) is 0 Å². The first-order valence-corrected chi connectivity index (χ1v) is 11.3. The molecular formula is C25H26F3N3O3. The summed E-state index contributed by atoms with van der Waals surface area (Å²) >= 11 is 0. The quantitative estimate of drug-likeness (QED) is 0.619. The van der Waals surface area contributed by atoms with Crippen LogP contribution >= 0.6 is 0 Å². The molecule has 6 nitrogen and oxygen atoms in total. The average Bonchev–Trinajstić information content (AvgIpc) is 3.54. The minimum Gasteiger partial charge on any atom is -0.352 e. The number of hydrogen-bond donors (Lipinski definition) is 2. The number of benzene rings is 2. The van der Waals surface area contributed by atoms with Crippen molar-refractivity contribution in [2.45, 2.75) is 50.5 Å². The van der Waals surface area contributed by atoms with Gasteiger partial charge in [0, 0.05) is 32.0 Å². The van der Waals surface area contributed by atoms with Gasteiger partial charge in [-0.05, 0) is 36.1 Å². The SMILES string of the molecule is O=C(NC(Cc1ccccc1)C(=O)NC1CC1)C1CC(=O)N(Cc2cccc(C(F)(F)F)c2)C1. The van der Waals surface area contributed by atoms with E-state index in [1.807, 2.05) is 30.3 Å². The first kappa shape index (κ1) is 23.8. The fourth-order valence-electron chi connectivity index (χ4n) is 4.05. The van der Waals surface area contributed by atoms with Crippen molar-refractivity contribution in [1.82, 2.24) is 15.5 Å². The van der Waals surface area contributed by atoms with Gasteiger partial charge in [-0.25, -0.2) is 0 Å². The Morgan fingerprint density at radius 1 is 1.03 bits per heavy atom. The average molecular weight is 473 g/mol. The van der Waals surface area contributed by atoms with Crippen LogP contribution in [-0.4, -0.2) is 41.2 Å². The molecular weight excluding hydrogens is 447 g/mol. The lowest BCUT2D eigenvalue weighted by Crippen LogP contribution is -2.50. The topological polar surface area (TPSA) is 78.5 Å². The van der Waals surface area contributed by atoms with E-state index < -0.39 is 29.6 Å². The van der Waals surface area contributed by atoms with E-state index in [0.717, 1.165) is 30.5 Å². The van der Waals surface area contributed by atoms with Crippen LogP contribution in [0.1, 0.15) is 36.0 Å². The molecule has 2 aliphatic rings. The molecule has 2 aromatic rings. The number of carbonyl (C=O) groups excluding carboxylic acids is 3. The second kappa shape index (κ2) is 9.87. The van der Waals surface area contributed by atoms with E-state index in [2.05, 4.69) is 10.6 Å². The minimum absolute atomic E-state index is 0.0118. The molecule has 0 spiro atoms. The molecule has 2 N–H and O–H groups in total. The number of alkyl halides is 3. The van der Waals surface area contributed by atoms with Crippen molar-refractivity contribution in [3.63, 3.8) is 0 Å². The van der Waals surface area contributed by atoms with Gasteiger partial charge in [0.15, 0.2) is 0 Å². The molecule has 34 heavy (non-hydrogen) atoms. The standard InChI is InChI=1S/C25H26F3N3O3/c26-25(27,28)19-8-4-7-17(11-19)14-31-15-18(13-22(31)32)23(33)30-21(24(34)29-20-9-10-20)12-16-5-2-1-3-6-16/h1-8,11,18,20-21H,9-10,12-15H2,(H,29,34)(H,30,33). The molecule has 0 bridgehead atoms. The summed E-state index contributed by atoms with van der Waals surface area (Å²) in [6.07, 6.45) is -2.37. The van der Waals surface area contributed by atoms with E-state index in [9.17, 15) is 27.6 Å². The van der Waals surface area contributed by atoms with Crippen molar-refractivity contribution in [3.8, 4) is 0 Å². The molecule has 2 unspecified atom stereocenters. The van der Waals surface area contributed by atoms with Gasteiger partial charge in [0.2, 0.25) is 17.7 Å². The van der Waals surface area contributed by atoms with Crippen LogP contribution in [-0.2, 0) is 33.5 Å². The molecule has 2 atom stereocenters. The largest absolute Gasteiger partial charge is 0.416 e. The molecule has 3 amide bonds. The third-order valence-corrected chi connectivity index (χ3v) is 6.05. The van der Waals surface area contributed by atoms with Gasteiger partial charge in [-0.2, -0.15) is 13.2 Å². The molecule has 0 radical (unpaired) electrons. The van der Waals surface area contributed by atoms with E-state index >= 15 is 0 Å². The van der Waals surface area contributed by atoms with E-state index in [0.29, 0.717) is 12.0 Å². The maximum atomic E-state index is 13.0. The third kappa shape index (κ3) is 6.15. The van der Waals surface area contributed by atoms with E-state index in [4.69, 9.17) is 0 Å². The Balaban J connectivity index is 1.39. The Kier molecular flexibility index (Phi) is 6.90. The molecule has 2 fully saturated rings. The van der Waals surface area contributed by atoms with Gasteiger partial charge in [0.25, 0.3) is 0 Å². The van der Waals surface area contributed by atoms with Gasteiger partial charge in [-0.3, -0.25) is 14.4 Å². The van der Waals surface area contributed by atoms with E-state index in [1.165, 1.54) is 17.0 Å². The summed E-state index contributed by atoms with van der Waals surface area (Å²) < 4.78 is 39.0. The summed E-state index contributed by atoms with van der Waals surface area (Å²) in [7, 11) is 0. The van der Waals surface area contributed by atoms with Gasteiger partial charge in [-0.1, -0.05) is 42.5 Å². The molecule has 1 heterocycles. The van der Waals surface area contributed by atoms with E-state index in [1.54, 1.807) is 0 Å². The Hall–Kier alpha value is -3.36. The van der Waals surface area contributed by atoms with Gasteiger partial charge < -0.3 is 15.5 Å². The smallest absolute Gasteiger partial charge is 0.352 e. The number of carbonyl (C=O) groups is 3. The van der Waals surface area contributed by atoms with Crippen LogP contribution < -0.4 is 10.6 Å². The molecule has 180 valence electrons. The molecule has 1 saturated carbocycles. The zero-order valence-corrected chi connectivity index (χ0v) is 18.5. The highest BCUT2D eigenvalue weighted by Gasteiger charge is 2.37. The molecule has 0 aromatic heterocycles. The van der Waals surface area contributed by atoms with Crippen molar-refractivity contribution in [2.75, 3.05) is 6.54 Å². The van der Waals surface area contributed by atoms with Crippen LogP contribution in [0.5, 0.6) is 0 Å². The number of nitrogens with one attached hydrogen (secondary N) is 2. The van der Waals surface area contributed by atoms with Crippen molar-refractivity contribution in [3.05, 3.63) is 71.3 Å². The fraction of sp³-hybridized carbons (Fsp3) is 0.400. The Labute approximate surface area is 195 Å². The molecule has 4 rings (SSSR count). The van der Waals surface area contributed by atoms with Crippen LogP contribution in [0, 0.1) is 5.92 Å². The van der Waals surface area contributed by atoms with Gasteiger partial charge in [0.1, 0.15) is 6.04 Å². The summed E-state index contributed by atoms with van der Waals surface area (Å²) in [6, 6.07) is 13.5. The van der Waals surface area contributed by atoms with Crippen LogP contribution in [0.25, 0.3) is 0 Å². The number of amides is 3. The number of rotatable bonds is 8. The predicted molar refractivity (Wildman–Crippen MR) is 118 cm³/mol. The summed E-state index contributed by atoms with van der Waals surface area (Å²) in [5.41, 5.74) is 0.457. The van der Waals surface area contributed by atoms with Crippen LogP contribution in [0.4, 0.5) is 13.2 Å². The highest BCUT2D eigenvalue weighted by atomic mass is 19.4.